The van der Waals surface area contributed by atoms with Gasteiger partial charge in [0, 0.05) is 11.9 Å². The van der Waals surface area contributed by atoms with Crippen molar-refractivity contribution in [2.24, 2.45) is 5.41 Å². The van der Waals surface area contributed by atoms with Crippen LogP contribution >= 0.6 is 11.3 Å². The van der Waals surface area contributed by atoms with E-state index in [2.05, 4.69) is 24.1 Å². The van der Waals surface area contributed by atoms with Crippen molar-refractivity contribution in [3.05, 3.63) is 21.9 Å². The number of thiophene rings is 1. The monoisotopic (exact) mass is 291 g/mol. The van der Waals surface area contributed by atoms with Gasteiger partial charge in [-0.15, -0.1) is 11.3 Å². The molecule has 0 spiro atoms. The Hall–Kier alpha value is -1.31. The second-order valence-corrected chi connectivity index (χ2v) is 6.31. The van der Waals surface area contributed by atoms with Crippen molar-refractivity contribution in [3.63, 3.8) is 0 Å². The average Bonchev–Trinajstić information content (AvgIpc) is 3.12. The molecule has 2 N–H and O–H groups in total. The van der Waals surface area contributed by atoms with E-state index in [1.54, 1.807) is 6.07 Å². The topological polar surface area (TPSA) is 49.3 Å². The number of carbonyl (C=O) groups is 1. The number of amides is 1. The van der Waals surface area contributed by atoms with Gasteiger partial charge >= 0.3 is 0 Å². The molecule has 1 fully saturated rings. The maximum atomic E-state index is 12.1. The van der Waals surface area contributed by atoms with Crippen LogP contribution in [0.4, 0.5) is 0 Å². The van der Waals surface area contributed by atoms with Gasteiger partial charge in [0.2, 0.25) is 0 Å². The molecule has 0 atom stereocenters. The summed E-state index contributed by atoms with van der Waals surface area (Å²) >= 11 is 1.44. The second-order valence-electron chi connectivity index (χ2n) is 5.40. The molecule has 4 heteroatoms. The van der Waals surface area contributed by atoms with E-state index in [4.69, 9.17) is 5.11 Å². The normalized spacial score (nSPS) is 16.5. The number of aliphatic hydroxyl groups excluding tert-OH is 1. The molecule has 3 nitrogen and oxygen atoms in total. The summed E-state index contributed by atoms with van der Waals surface area (Å²) in [6.45, 7) is 2.83. The van der Waals surface area contributed by atoms with Gasteiger partial charge in [-0.05, 0) is 30.7 Å². The molecule has 0 bridgehead atoms. The molecule has 108 valence electrons. The number of carbonyl (C=O) groups excluding carboxylic acids is 1. The Kier molecular flexibility index (Phi) is 5.22. The maximum absolute atomic E-state index is 12.1. The first-order valence-corrected chi connectivity index (χ1v) is 8.03. The second kappa shape index (κ2) is 6.92. The van der Waals surface area contributed by atoms with Gasteiger partial charge in [0.1, 0.15) is 6.61 Å². The van der Waals surface area contributed by atoms with Gasteiger partial charge < -0.3 is 10.4 Å². The summed E-state index contributed by atoms with van der Waals surface area (Å²) in [5, 5.41) is 13.6. The molecule has 1 aromatic rings. The largest absolute Gasteiger partial charge is 0.384 e. The summed E-state index contributed by atoms with van der Waals surface area (Å²) in [5.41, 5.74) is 0.979. The van der Waals surface area contributed by atoms with Gasteiger partial charge in [0.25, 0.3) is 5.91 Å². The summed E-state index contributed by atoms with van der Waals surface area (Å²) in [6, 6.07) is 1.79. The zero-order chi connectivity index (χ0) is 14.4. The fraction of sp³-hybridized carbons (Fsp3) is 0.562. The van der Waals surface area contributed by atoms with Gasteiger partial charge in [0.05, 0.1) is 10.4 Å². The lowest BCUT2D eigenvalue weighted by molar-refractivity contribution is 0.0929. The van der Waals surface area contributed by atoms with Crippen LogP contribution in [0.1, 0.15) is 54.3 Å². The number of aliphatic hydroxyl groups is 1. The molecule has 2 rings (SSSR count). The minimum atomic E-state index is -0.154. The van der Waals surface area contributed by atoms with Crippen molar-refractivity contribution >= 4 is 17.2 Å². The van der Waals surface area contributed by atoms with Crippen LogP contribution in [0.5, 0.6) is 0 Å². The fourth-order valence-electron chi connectivity index (χ4n) is 2.80. The Balaban J connectivity index is 1.93. The minimum absolute atomic E-state index is 0.0157. The Bertz CT molecular complexity index is 518. The highest BCUT2D eigenvalue weighted by Crippen LogP contribution is 2.40. The number of hydrogen-bond acceptors (Lipinski definition) is 3. The third-order valence-corrected chi connectivity index (χ3v) is 5.04. The smallest absolute Gasteiger partial charge is 0.252 e. The maximum Gasteiger partial charge on any atom is 0.252 e. The zero-order valence-electron chi connectivity index (χ0n) is 11.9. The van der Waals surface area contributed by atoms with Crippen molar-refractivity contribution in [1.82, 2.24) is 5.32 Å². The first-order valence-electron chi connectivity index (χ1n) is 7.15. The van der Waals surface area contributed by atoms with Crippen molar-refractivity contribution in [2.75, 3.05) is 13.2 Å². The molecule has 1 amide bonds. The molecule has 0 unspecified atom stereocenters. The van der Waals surface area contributed by atoms with Gasteiger partial charge in [-0.3, -0.25) is 4.79 Å². The summed E-state index contributed by atoms with van der Waals surface area (Å²) in [5.74, 6) is 5.40. The molecule has 1 aliphatic carbocycles. The molecule has 1 aliphatic rings. The highest BCUT2D eigenvalue weighted by molar-refractivity contribution is 7.10. The van der Waals surface area contributed by atoms with Crippen LogP contribution in [0, 0.1) is 17.3 Å². The van der Waals surface area contributed by atoms with Gasteiger partial charge in [-0.1, -0.05) is 31.6 Å². The molecule has 0 aliphatic heterocycles. The Labute approximate surface area is 124 Å². The van der Waals surface area contributed by atoms with Gasteiger partial charge in [-0.25, -0.2) is 0 Å². The third kappa shape index (κ3) is 3.62. The van der Waals surface area contributed by atoms with E-state index in [1.165, 1.54) is 37.0 Å². The molecule has 1 aromatic heterocycles. The highest BCUT2D eigenvalue weighted by Gasteiger charge is 2.32. The van der Waals surface area contributed by atoms with E-state index in [0.29, 0.717) is 11.0 Å². The number of hydrogen-bond donors (Lipinski definition) is 2. The summed E-state index contributed by atoms with van der Waals surface area (Å²) in [7, 11) is 0. The molecule has 0 saturated heterocycles. The van der Waals surface area contributed by atoms with E-state index in [-0.39, 0.29) is 12.5 Å². The van der Waals surface area contributed by atoms with Crippen molar-refractivity contribution in [1.29, 1.82) is 0 Å². The number of nitrogens with one attached hydrogen (secondary N) is 1. The fourth-order valence-corrected chi connectivity index (χ4v) is 3.55. The van der Waals surface area contributed by atoms with Crippen molar-refractivity contribution in [2.45, 2.75) is 39.0 Å². The first-order chi connectivity index (χ1) is 9.69. The Morgan fingerprint density at radius 2 is 2.25 bits per heavy atom. The van der Waals surface area contributed by atoms with Crippen LogP contribution in [0.15, 0.2) is 11.4 Å². The van der Waals surface area contributed by atoms with Crippen LogP contribution in [0.2, 0.25) is 0 Å². The average molecular weight is 291 g/mol. The number of rotatable bonds is 4. The molecule has 20 heavy (non-hydrogen) atoms. The van der Waals surface area contributed by atoms with Crippen LogP contribution in [-0.2, 0) is 0 Å². The minimum Gasteiger partial charge on any atom is -0.384 e. The SMILES string of the molecule is CCC1(CNC(=O)c2csc(C#CCO)c2)CCCC1. The molecule has 0 radical (unpaired) electrons. The van der Waals surface area contributed by atoms with Crippen molar-refractivity contribution < 1.29 is 9.90 Å². The van der Waals surface area contributed by atoms with E-state index in [1.807, 2.05) is 5.38 Å². The van der Waals surface area contributed by atoms with Crippen LogP contribution in [0.3, 0.4) is 0 Å². The van der Waals surface area contributed by atoms with E-state index in [9.17, 15) is 4.79 Å². The molecular formula is C16H21NO2S. The van der Waals surface area contributed by atoms with Crippen LogP contribution in [-0.4, -0.2) is 24.2 Å². The molecule has 1 saturated carbocycles. The lowest BCUT2D eigenvalue weighted by Gasteiger charge is -2.27. The van der Waals surface area contributed by atoms with Gasteiger partial charge in [0.15, 0.2) is 0 Å². The highest BCUT2D eigenvalue weighted by atomic mass is 32.1. The summed E-state index contributed by atoms with van der Waals surface area (Å²) in [6.07, 6.45) is 6.14. The Morgan fingerprint density at radius 1 is 1.50 bits per heavy atom. The van der Waals surface area contributed by atoms with Crippen LogP contribution < -0.4 is 5.32 Å². The van der Waals surface area contributed by atoms with Crippen molar-refractivity contribution in [3.8, 4) is 11.8 Å². The third-order valence-electron chi connectivity index (χ3n) is 4.19. The van der Waals surface area contributed by atoms with E-state index < -0.39 is 0 Å². The zero-order valence-corrected chi connectivity index (χ0v) is 12.7. The molecular weight excluding hydrogens is 270 g/mol. The lowest BCUT2D eigenvalue weighted by atomic mass is 9.83. The predicted octanol–water partition coefficient (Wildman–Crippen LogP) is 2.79. The van der Waals surface area contributed by atoms with E-state index in [0.717, 1.165) is 17.8 Å². The van der Waals surface area contributed by atoms with Crippen LogP contribution in [0.25, 0.3) is 0 Å². The quantitative estimate of drug-likeness (QED) is 0.838. The predicted molar refractivity (Wildman–Crippen MR) is 81.8 cm³/mol. The lowest BCUT2D eigenvalue weighted by Crippen LogP contribution is -2.35. The van der Waals surface area contributed by atoms with E-state index >= 15 is 0 Å². The summed E-state index contributed by atoms with van der Waals surface area (Å²) in [4.78, 5) is 13.0. The Morgan fingerprint density at radius 3 is 2.90 bits per heavy atom. The molecule has 0 aromatic carbocycles. The van der Waals surface area contributed by atoms with Gasteiger partial charge in [-0.2, -0.15) is 0 Å². The standard InChI is InChI=1S/C16H21NO2S/c1-2-16(7-3-4-8-16)12-17-15(19)13-10-14(20-11-13)6-5-9-18/h10-11,18H,2-4,7-9,12H2,1H3,(H,17,19). The first kappa shape index (κ1) is 15.1. The summed E-state index contributed by atoms with van der Waals surface area (Å²) < 4.78 is 0. The molecule has 1 heterocycles.